The van der Waals surface area contributed by atoms with Gasteiger partial charge >= 0.3 is 5.97 Å². The fourth-order valence-electron chi connectivity index (χ4n) is 2.80. The number of hydrogen-bond acceptors (Lipinski definition) is 4. The van der Waals surface area contributed by atoms with Crippen LogP contribution in [0.5, 0.6) is 0 Å². The number of aliphatic carboxylic acids is 1. The summed E-state index contributed by atoms with van der Waals surface area (Å²) >= 11 is 0. The normalized spacial score (nSPS) is 22.9. The minimum absolute atomic E-state index is 0.103. The van der Waals surface area contributed by atoms with Gasteiger partial charge in [0.25, 0.3) is 5.69 Å². The molecule has 6 nitrogen and oxygen atoms in total. The Morgan fingerprint density at radius 3 is 2.75 bits per heavy atom. The van der Waals surface area contributed by atoms with Crippen molar-refractivity contribution in [3.63, 3.8) is 0 Å². The van der Waals surface area contributed by atoms with Crippen LogP contribution in [-0.4, -0.2) is 34.0 Å². The van der Waals surface area contributed by atoms with E-state index in [9.17, 15) is 14.9 Å². The lowest BCUT2D eigenvalue weighted by Gasteiger charge is -2.16. The molecule has 0 bridgehead atoms. The summed E-state index contributed by atoms with van der Waals surface area (Å²) < 4.78 is 0. The smallest absolute Gasteiger partial charge is 0.308 e. The van der Waals surface area contributed by atoms with Crippen molar-refractivity contribution < 1.29 is 14.8 Å². The van der Waals surface area contributed by atoms with E-state index >= 15 is 0 Å². The number of carboxylic acid groups (broad SMARTS) is 1. The van der Waals surface area contributed by atoms with E-state index in [0.717, 1.165) is 5.56 Å². The number of rotatable bonds is 4. The molecule has 1 aliphatic heterocycles. The van der Waals surface area contributed by atoms with Gasteiger partial charge in [-0.25, -0.2) is 0 Å². The third-order valence-electron chi connectivity index (χ3n) is 4.01. The zero-order valence-electron chi connectivity index (χ0n) is 11.6. The molecule has 0 saturated carbocycles. The number of benzene rings is 1. The third-order valence-corrected chi connectivity index (χ3v) is 4.01. The van der Waals surface area contributed by atoms with E-state index in [1.165, 1.54) is 6.07 Å². The van der Waals surface area contributed by atoms with E-state index in [4.69, 9.17) is 5.11 Å². The number of nitro benzene ring substituents is 1. The van der Waals surface area contributed by atoms with Crippen LogP contribution in [0.25, 0.3) is 0 Å². The quantitative estimate of drug-likeness (QED) is 0.673. The molecule has 108 valence electrons. The first-order chi connectivity index (χ1) is 9.40. The van der Waals surface area contributed by atoms with E-state index in [0.29, 0.717) is 25.2 Å². The van der Waals surface area contributed by atoms with E-state index in [2.05, 4.69) is 4.90 Å². The van der Waals surface area contributed by atoms with Gasteiger partial charge in [-0.2, -0.15) is 0 Å². The Morgan fingerprint density at radius 2 is 2.20 bits per heavy atom. The largest absolute Gasteiger partial charge is 0.481 e. The molecule has 1 aliphatic rings. The molecule has 1 saturated heterocycles. The summed E-state index contributed by atoms with van der Waals surface area (Å²) in [6.45, 7) is 5.43. The lowest BCUT2D eigenvalue weighted by atomic mass is 9.99. The second-order valence-electron chi connectivity index (χ2n) is 5.43. The number of likely N-dealkylation sites (tertiary alicyclic amines) is 1. The molecule has 6 heteroatoms. The van der Waals surface area contributed by atoms with E-state index in [1.807, 2.05) is 13.0 Å². The maximum atomic E-state index is 11.1. The number of carboxylic acids is 1. The third kappa shape index (κ3) is 2.80. The Kier molecular flexibility index (Phi) is 4.04. The number of nitrogens with zero attached hydrogens (tertiary/aromatic N) is 2. The number of hydrogen-bond donors (Lipinski definition) is 1. The van der Waals surface area contributed by atoms with Crippen LogP contribution in [0.4, 0.5) is 5.69 Å². The minimum Gasteiger partial charge on any atom is -0.481 e. The van der Waals surface area contributed by atoms with Crippen molar-refractivity contribution in [3.8, 4) is 0 Å². The highest BCUT2D eigenvalue weighted by atomic mass is 16.6. The summed E-state index contributed by atoms with van der Waals surface area (Å²) in [5.74, 6) is -1.02. The average Bonchev–Trinajstić information content (AvgIpc) is 2.72. The van der Waals surface area contributed by atoms with E-state index in [-0.39, 0.29) is 22.4 Å². The van der Waals surface area contributed by atoms with Gasteiger partial charge in [-0.3, -0.25) is 19.8 Å². The van der Waals surface area contributed by atoms with Crippen molar-refractivity contribution in [1.82, 2.24) is 4.90 Å². The molecule has 0 amide bonds. The Bertz CT molecular complexity index is 544. The van der Waals surface area contributed by atoms with Gasteiger partial charge in [0.2, 0.25) is 0 Å². The highest BCUT2D eigenvalue weighted by molar-refractivity contribution is 5.71. The number of nitro groups is 1. The van der Waals surface area contributed by atoms with E-state index < -0.39 is 5.97 Å². The summed E-state index contributed by atoms with van der Waals surface area (Å²) in [5.41, 5.74) is 1.66. The maximum absolute atomic E-state index is 11.1. The van der Waals surface area contributed by atoms with Crippen LogP contribution >= 0.6 is 0 Å². The van der Waals surface area contributed by atoms with Gasteiger partial charge in [0.05, 0.1) is 10.8 Å². The SMILES string of the molecule is Cc1c(CN2CC(C)C(C(=O)O)C2)cccc1[N+](=O)[O-]. The molecule has 1 N–H and O–H groups in total. The summed E-state index contributed by atoms with van der Waals surface area (Å²) in [6, 6.07) is 5.03. The standard InChI is InChI=1S/C14H18N2O4/c1-9-6-15(8-12(9)14(17)18)7-11-4-3-5-13(10(11)2)16(19)20/h3-5,9,12H,6-8H2,1-2H3,(H,17,18). The van der Waals surface area contributed by atoms with Crippen molar-refractivity contribution in [1.29, 1.82) is 0 Å². The molecule has 0 aromatic heterocycles. The Morgan fingerprint density at radius 1 is 1.50 bits per heavy atom. The molecule has 0 radical (unpaired) electrons. The van der Waals surface area contributed by atoms with Crippen LogP contribution < -0.4 is 0 Å². The molecule has 1 fully saturated rings. The number of carbonyl (C=O) groups is 1. The molecule has 1 aromatic carbocycles. The molecule has 0 spiro atoms. The lowest BCUT2D eigenvalue weighted by Crippen LogP contribution is -2.23. The van der Waals surface area contributed by atoms with Crippen LogP contribution in [0.1, 0.15) is 18.1 Å². The highest BCUT2D eigenvalue weighted by Gasteiger charge is 2.34. The second kappa shape index (κ2) is 5.58. The van der Waals surface area contributed by atoms with Crippen LogP contribution in [0, 0.1) is 28.9 Å². The second-order valence-corrected chi connectivity index (χ2v) is 5.43. The predicted octanol–water partition coefficient (Wildman–Crippen LogP) is 2.06. The molecular weight excluding hydrogens is 260 g/mol. The molecule has 1 aromatic rings. The van der Waals surface area contributed by atoms with Gasteiger partial charge < -0.3 is 5.11 Å². The summed E-state index contributed by atoms with van der Waals surface area (Å²) in [5, 5.41) is 20.0. The van der Waals surface area contributed by atoms with Gasteiger partial charge in [0.15, 0.2) is 0 Å². The molecule has 1 heterocycles. The van der Waals surface area contributed by atoms with Gasteiger partial charge in [-0.15, -0.1) is 0 Å². The van der Waals surface area contributed by atoms with Crippen LogP contribution in [0.2, 0.25) is 0 Å². The Hall–Kier alpha value is -1.95. The Balaban J connectivity index is 2.14. The van der Waals surface area contributed by atoms with Crippen molar-refractivity contribution in [2.75, 3.05) is 13.1 Å². The predicted molar refractivity (Wildman–Crippen MR) is 73.4 cm³/mol. The minimum atomic E-state index is -0.768. The molecular formula is C14H18N2O4. The van der Waals surface area contributed by atoms with Gasteiger partial charge in [-0.1, -0.05) is 19.1 Å². The molecule has 0 aliphatic carbocycles. The van der Waals surface area contributed by atoms with Crippen LogP contribution in [-0.2, 0) is 11.3 Å². The molecule has 2 atom stereocenters. The van der Waals surface area contributed by atoms with E-state index in [1.54, 1.807) is 13.0 Å². The average molecular weight is 278 g/mol. The zero-order valence-corrected chi connectivity index (χ0v) is 11.6. The Labute approximate surface area is 117 Å². The van der Waals surface area contributed by atoms with Crippen molar-refractivity contribution in [2.24, 2.45) is 11.8 Å². The molecule has 2 rings (SSSR count). The first-order valence-corrected chi connectivity index (χ1v) is 6.58. The lowest BCUT2D eigenvalue weighted by molar-refractivity contribution is -0.385. The fraction of sp³-hybridized carbons (Fsp3) is 0.500. The van der Waals surface area contributed by atoms with Crippen molar-refractivity contribution >= 4 is 11.7 Å². The highest BCUT2D eigenvalue weighted by Crippen LogP contribution is 2.27. The van der Waals surface area contributed by atoms with Crippen molar-refractivity contribution in [3.05, 3.63) is 39.4 Å². The fourth-order valence-corrected chi connectivity index (χ4v) is 2.80. The van der Waals surface area contributed by atoms with Gasteiger partial charge in [-0.05, 0) is 18.4 Å². The summed E-state index contributed by atoms with van der Waals surface area (Å²) in [4.78, 5) is 23.7. The van der Waals surface area contributed by atoms with Crippen LogP contribution in [0.15, 0.2) is 18.2 Å². The summed E-state index contributed by atoms with van der Waals surface area (Å²) in [7, 11) is 0. The van der Waals surface area contributed by atoms with Gasteiger partial charge in [0, 0.05) is 31.3 Å². The zero-order chi connectivity index (χ0) is 14.9. The molecule has 2 unspecified atom stereocenters. The monoisotopic (exact) mass is 278 g/mol. The first-order valence-electron chi connectivity index (χ1n) is 6.58. The first kappa shape index (κ1) is 14.5. The topological polar surface area (TPSA) is 83.7 Å². The summed E-state index contributed by atoms with van der Waals surface area (Å²) in [6.07, 6.45) is 0. The van der Waals surface area contributed by atoms with Crippen LogP contribution in [0.3, 0.4) is 0 Å². The molecule has 20 heavy (non-hydrogen) atoms. The van der Waals surface area contributed by atoms with Gasteiger partial charge in [0.1, 0.15) is 0 Å². The van der Waals surface area contributed by atoms with Crippen molar-refractivity contribution in [2.45, 2.75) is 20.4 Å². The maximum Gasteiger partial charge on any atom is 0.308 e.